The number of benzene rings is 2. The number of ketones is 1. The van der Waals surface area contributed by atoms with Gasteiger partial charge in [0, 0.05) is 12.0 Å². The van der Waals surface area contributed by atoms with Crippen molar-refractivity contribution in [2.75, 3.05) is 0 Å². The van der Waals surface area contributed by atoms with E-state index in [-0.39, 0.29) is 12.0 Å². The highest BCUT2D eigenvalue weighted by Gasteiger charge is 2.40. The third-order valence-corrected chi connectivity index (χ3v) is 4.58. The molecule has 0 saturated carbocycles. The molecule has 26 heavy (non-hydrogen) atoms. The van der Waals surface area contributed by atoms with Crippen LogP contribution in [0.3, 0.4) is 0 Å². The molecular formula is C19H18BF3O3. The summed E-state index contributed by atoms with van der Waals surface area (Å²) < 4.78 is 45.2. The Morgan fingerprint density at radius 3 is 2.54 bits per heavy atom. The first-order chi connectivity index (χ1) is 12.0. The van der Waals surface area contributed by atoms with E-state index in [0.29, 0.717) is 16.6 Å². The number of aryl methyl sites for hydroxylation is 1. The standard InChI is InChI=1S/C19H18BF3O3/c1-11-4-6-13(15(8-11)19(21,22)23)17(24)10-12-5-7-14-16(9-12)20(25)26-18(14,2)3/h4-9,25H,10H2,1-3H3. The molecule has 0 saturated heterocycles. The van der Waals surface area contributed by atoms with Gasteiger partial charge in [-0.2, -0.15) is 13.2 Å². The maximum atomic E-state index is 13.2. The number of fused-ring (bicyclic) bond motifs is 1. The fourth-order valence-corrected chi connectivity index (χ4v) is 3.30. The Hall–Kier alpha value is -2.12. The third-order valence-electron chi connectivity index (χ3n) is 4.58. The molecular weight excluding hydrogens is 344 g/mol. The van der Waals surface area contributed by atoms with Crippen molar-refractivity contribution in [1.29, 1.82) is 0 Å². The van der Waals surface area contributed by atoms with Crippen LogP contribution in [0.1, 0.15) is 46.5 Å². The van der Waals surface area contributed by atoms with Crippen LogP contribution in [0.2, 0.25) is 0 Å². The molecule has 0 spiro atoms. The molecule has 0 fully saturated rings. The van der Waals surface area contributed by atoms with Gasteiger partial charge in [0.15, 0.2) is 5.78 Å². The molecule has 7 heteroatoms. The Balaban J connectivity index is 1.92. The molecule has 0 radical (unpaired) electrons. The molecule has 0 bridgehead atoms. The van der Waals surface area contributed by atoms with Crippen LogP contribution in [-0.2, 0) is 22.9 Å². The van der Waals surface area contributed by atoms with E-state index in [2.05, 4.69) is 0 Å². The topological polar surface area (TPSA) is 46.5 Å². The third kappa shape index (κ3) is 3.41. The summed E-state index contributed by atoms with van der Waals surface area (Å²) in [6.45, 7) is 5.18. The van der Waals surface area contributed by atoms with Crippen LogP contribution in [0.25, 0.3) is 0 Å². The van der Waals surface area contributed by atoms with Crippen LogP contribution in [0, 0.1) is 6.92 Å². The first-order valence-corrected chi connectivity index (χ1v) is 8.19. The van der Waals surface area contributed by atoms with Crippen molar-refractivity contribution in [1.82, 2.24) is 0 Å². The van der Waals surface area contributed by atoms with E-state index < -0.39 is 30.2 Å². The second-order valence-corrected chi connectivity index (χ2v) is 7.05. The van der Waals surface area contributed by atoms with Crippen LogP contribution in [0.15, 0.2) is 36.4 Å². The number of Topliss-reactive ketones (excluding diaryl/α,β-unsaturated/α-hetero) is 1. The van der Waals surface area contributed by atoms with Crippen molar-refractivity contribution in [2.24, 2.45) is 0 Å². The minimum absolute atomic E-state index is 0.188. The van der Waals surface area contributed by atoms with Crippen LogP contribution >= 0.6 is 0 Å². The van der Waals surface area contributed by atoms with Gasteiger partial charge in [-0.25, -0.2) is 0 Å². The zero-order chi connectivity index (χ0) is 19.3. The van der Waals surface area contributed by atoms with Gasteiger partial charge in [0.1, 0.15) is 0 Å². The Labute approximate surface area is 149 Å². The number of halogens is 3. The van der Waals surface area contributed by atoms with Crippen molar-refractivity contribution >= 4 is 18.4 Å². The van der Waals surface area contributed by atoms with E-state index in [1.807, 2.05) is 13.8 Å². The highest BCUT2D eigenvalue weighted by Crippen LogP contribution is 2.34. The van der Waals surface area contributed by atoms with Gasteiger partial charge < -0.3 is 9.68 Å². The summed E-state index contributed by atoms with van der Waals surface area (Å²) >= 11 is 0. The molecule has 2 aromatic carbocycles. The summed E-state index contributed by atoms with van der Waals surface area (Å²) in [5, 5.41) is 10.0. The molecule has 3 rings (SSSR count). The van der Waals surface area contributed by atoms with Crippen molar-refractivity contribution in [2.45, 2.75) is 39.0 Å². The molecule has 1 heterocycles. The van der Waals surface area contributed by atoms with E-state index >= 15 is 0 Å². The van der Waals surface area contributed by atoms with Crippen molar-refractivity contribution < 1.29 is 27.6 Å². The molecule has 3 nitrogen and oxygen atoms in total. The lowest BCUT2D eigenvalue weighted by Crippen LogP contribution is -2.29. The number of carbonyl (C=O) groups excluding carboxylic acids is 1. The van der Waals surface area contributed by atoms with Crippen LogP contribution in [-0.4, -0.2) is 17.9 Å². The van der Waals surface area contributed by atoms with E-state index in [4.69, 9.17) is 4.65 Å². The van der Waals surface area contributed by atoms with Gasteiger partial charge >= 0.3 is 13.3 Å². The molecule has 0 amide bonds. The predicted octanol–water partition coefficient (Wildman–Crippen LogP) is 3.39. The lowest BCUT2D eigenvalue weighted by atomic mass is 9.77. The van der Waals surface area contributed by atoms with Gasteiger partial charge in [0.2, 0.25) is 0 Å². The Morgan fingerprint density at radius 2 is 1.88 bits per heavy atom. The smallest absolute Gasteiger partial charge is 0.423 e. The Bertz CT molecular complexity index is 875. The van der Waals surface area contributed by atoms with Gasteiger partial charge in [0.05, 0.1) is 11.2 Å². The second-order valence-electron chi connectivity index (χ2n) is 7.05. The first kappa shape index (κ1) is 18.7. The zero-order valence-corrected chi connectivity index (χ0v) is 14.6. The van der Waals surface area contributed by atoms with Crippen molar-refractivity contribution in [3.8, 4) is 0 Å². The highest BCUT2D eigenvalue weighted by molar-refractivity contribution is 6.62. The molecule has 0 unspecified atom stereocenters. The molecule has 0 aromatic heterocycles. The summed E-state index contributed by atoms with van der Waals surface area (Å²) in [4.78, 5) is 12.5. The lowest BCUT2D eigenvalue weighted by Gasteiger charge is -2.19. The van der Waals surface area contributed by atoms with Crippen LogP contribution in [0.4, 0.5) is 13.2 Å². The average molecular weight is 362 g/mol. The number of rotatable bonds is 3. The van der Waals surface area contributed by atoms with Gasteiger partial charge in [-0.1, -0.05) is 35.9 Å². The second kappa shape index (κ2) is 6.25. The quantitative estimate of drug-likeness (QED) is 0.673. The Morgan fingerprint density at radius 1 is 1.19 bits per heavy atom. The first-order valence-electron chi connectivity index (χ1n) is 8.19. The van der Waals surface area contributed by atoms with Crippen LogP contribution in [0.5, 0.6) is 0 Å². The number of carbonyl (C=O) groups is 1. The summed E-state index contributed by atoms with van der Waals surface area (Å²) in [6.07, 6.45) is -4.78. The minimum Gasteiger partial charge on any atom is -0.423 e. The predicted molar refractivity (Wildman–Crippen MR) is 92.4 cm³/mol. The number of hydrogen-bond acceptors (Lipinski definition) is 3. The zero-order valence-electron chi connectivity index (χ0n) is 14.6. The molecule has 136 valence electrons. The summed E-state index contributed by atoms with van der Waals surface area (Å²) in [5.74, 6) is -0.620. The Kier molecular flexibility index (Phi) is 4.49. The van der Waals surface area contributed by atoms with Gasteiger partial charge in [0.25, 0.3) is 0 Å². The SMILES string of the molecule is Cc1ccc(C(=O)Cc2ccc3c(c2)B(O)OC3(C)C)c(C(F)(F)F)c1. The molecule has 0 aliphatic carbocycles. The monoisotopic (exact) mass is 362 g/mol. The fourth-order valence-electron chi connectivity index (χ4n) is 3.30. The van der Waals surface area contributed by atoms with E-state index in [9.17, 15) is 23.0 Å². The maximum Gasteiger partial charge on any atom is 0.492 e. The summed E-state index contributed by atoms with van der Waals surface area (Å²) in [5.41, 5.74) is 0.385. The van der Waals surface area contributed by atoms with Gasteiger partial charge in [-0.05, 0) is 43.4 Å². The lowest BCUT2D eigenvalue weighted by molar-refractivity contribution is -0.138. The van der Waals surface area contributed by atoms with Gasteiger partial charge in [-0.15, -0.1) is 0 Å². The normalized spacial score (nSPS) is 15.9. The maximum absolute atomic E-state index is 13.2. The molecule has 1 aliphatic heterocycles. The van der Waals surface area contributed by atoms with Crippen molar-refractivity contribution in [3.05, 3.63) is 64.2 Å². The summed E-state index contributed by atoms with van der Waals surface area (Å²) in [7, 11) is -1.11. The van der Waals surface area contributed by atoms with Crippen LogP contribution < -0.4 is 5.46 Å². The molecule has 1 N–H and O–H groups in total. The molecule has 2 aromatic rings. The number of hydrogen-bond donors (Lipinski definition) is 1. The highest BCUT2D eigenvalue weighted by atomic mass is 19.4. The van der Waals surface area contributed by atoms with E-state index in [1.165, 1.54) is 12.1 Å². The van der Waals surface area contributed by atoms with E-state index in [1.54, 1.807) is 25.1 Å². The largest absolute Gasteiger partial charge is 0.492 e. The molecule has 0 atom stereocenters. The minimum atomic E-state index is -4.59. The fraction of sp³-hybridized carbons (Fsp3) is 0.316. The van der Waals surface area contributed by atoms with E-state index in [0.717, 1.165) is 11.6 Å². The average Bonchev–Trinajstić information content (AvgIpc) is 2.75. The van der Waals surface area contributed by atoms with Gasteiger partial charge in [-0.3, -0.25) is 4.79 Å². The summed E-state index contributed by atoms with van der Waals surface area (Å²) in [6, 6.07) is 8.74. The molecule has 1 aliphatic rings. The van der Waals surface area contributed by atoms with Crippen molar-refractivity contribution in [3.63, 3.8) is 0 Å². The number of alkyl halides is 3.